The summed E-state index contributed by atoms with van der Waals surface area (Å²) in [6.45, 7) is 1.98. The highest BCUT2D eigenvalue weighted by Crippen LogP contribution is 2.36. The van der Waals surface area contributed by atoms with Crippen LogP contribution >= 0.6 is 0 Å². The number of ether oxygens (including phenoxy) is 1. The van der Waals surface area contributed by atoms with E-state index < -0.39 is 5.60 Å². The molecule has 0 saturated heterocycles. The van der Waals surface area contributed by atoms with Gasteiger partial charge in [0.15, 0.2) is 5.60 Å². The second kappa shape index (κ2) is 2.77. The molecule has 0 fully saturated rings. The quantitative estimate of drug-likeness (QED) is 0.652. The molecule has 1 aliphatic rings. The molecule has 1 aliphatic heterocycles. The van der Waals surface area contributed by atoms with Crippen LogP contribution in [0.15, 0.2) is 24.3 Å². The Morgan fingerprint density at radius 2 is 2.31 bits per heavy atom. The van der Waals surface area contributed by atoms with E-state index in [4.69, 9.17) is 10.00 Å². The maximum Gasteiger partial charge on any atom is 0.198 e. The van der Waals surface area contributed by atoms with E-state index in [1.165, 1.54) is 0 Å². The lowest BCUT2D eigenvalue weighted by Crippen LogP contribution is -2.31. The first-order valence-corrected chi connectivity index (χ1v) is 4.48. The van der Waals surface area contributed by atoms with Crippen LogP contribution in [0, 0.1) is 11.3 Å². The lowest BCUT2D eigenvalue weighted by molar-refractivity contribution is 0.152. The smallest absolute Gasteiger partial charge is 0.198 e. The van der Waals surface area contributed by atoms with Crippen molar-refractivity contribution in [1.82, 2.24) is 0 Å². The molecule has 1 heterocycles. The Hall–Kier alpha value is -1.49. The predicted octanol–water partition coefficient (Wildman–Crippen LogP) is 2.29. The van der Waals surface area contributed by atoms with Crippen molar-refractivity contribution >= 4 is 0 Å². The molecular formula is C11H11NO. The average Bonchev–Trinajstić information content (AvgIpc) is 2.57. The number of hydrogen-bond acceptors (Lipinski definition) is 2. The van der Waals surface area contributed by atoms with Crippen LogP contribution in [0.2, 0.25) is 0 Å². The molecule has 0 bridgehead atoms. The number of fused-ring (bicyclic) bond motifs is 1. The number of nitriles is 1. The average molecular weight is 173 g/mol. The summed E-state index contributed by atoms with van der Waals surface area (Å²) in [4.78, 5) is 0. The highest BCUT2D eigenvalue weighted by molar-refractivity contribution is 5.41. The molecule has 0 unspecified atom stereocenters. The van der Waals surface area contributed by atoms with E-state index in [0.29, 0.717) is 0 Å². The van der Waals surface area contributed by atoms with E-state index in [1.807, 2.05) is 31.2 Å². The highest BCUT2D eigenvalue weighted by Gasteiger charge is 2.37. The van der Waals surface area contributed by atoms with Crippen LogP contribution in [0.25, 0.3) is 0 Å². The van der Waals surface area contributed by atoms with Gasteiger partial charge in [-0.3, -0.25) is 0 Å². The monoisotopic (exact) mass is 173 g/mol. The number of nitrogens with zero attached hydrogens (tertiary/aromatic N) is 1. The molecule has 13 heavy (non-hydrogen) atoms. The van der Waals surface area contributed by atoms with Gasteiger partial charge in [0, 0.05) is 6.42 Å². The van der Waals surface area contributed by atoms with Gasteiger partial charge in [-0.25, -0.2) is 0 Å². The second-order valence-electron chi connectivity index (χ2n) is 3.35. The molecule has 1 atom stereocenters. The van der Waals surface area contributed by atoms with Gasteiger partial charge in [0.2, 0.25) is 0 Å². The third-order valence-electron chi connectivity index (χ3n) is 2.53. The minimum atomic E-state index is -0.607. The van der Waals surface area contributed by atoms with E-state index in [1.54, 1.807) is 0 Å². The molecule has 0 saturated carbocycles. The third kappa shape index (κ3) is 1.17. The normalized spacial score (nSPS) is 24.6. The van der Waals surface area contributed by atoms with E-state index in [9.17, 15) is 0 Å². The molecule has 0 radical (unpaired) electrons. The summed E-state index contributed by atoms with van der Waals surface area (Å²) in [6.07, 6.45) is 1.45. The summed E-state index contributed by atoms with van der Waals surface area (Å²) >= 11 is 0. The Morgan fingerprint density at radius 3 is 2.92 bits per heavy atom. The Labute approximate surface area is 77.8 Å². The number of hydrogen-bond donors (Lipinski definition) is 0. The van der Waals surface area contributed by atoms with E-state index in [-0.39, 0.29) is 0 Å². The molecule has 66 valence electrons. The van der Waals surface area contributed by atoms with E-state index >= 15 is 0 Å². The Kier molecular flexibility index (Phi) is 1.73. The molecule has 2 rings (SSSR count). The third-order valence-corrected chi connectivity index (χ3v) is 2.53. The van der Waals surface area contributed by atoms with Crippen LogP contribution in [0.3, 0.4) is 0 Å². The van der Waals surface area contributed by atoms with Gasteiger partial charge in [-0.15, -0.1) is 0 Å². The molecule has 0 N–H and O–H groups in total. The molecular weight excluding hydrogens is 162 g/mol. The lowest BCUT2D eigenvalue weighted by Gasteiger charge is -2.17. The van der Waals surface area contributed by atoms with E-state index in [2.05, 4.69) is 6.07 Å². The number of para-hydroxylation sites is 1. The molecule has 0 aliphatic carbocycles. The molecule has 2 nitrogen and oxygen atoms in total. The zero-order valence-electron chi connectivity index (χ0n) is 7.58. The molecule has 0 amide bonds. The van der Waals surface area contributed by atoms with Gasteiger partial charge in [-0.2, -0.15) is 5.26 Å². The molecule has 2 heteroatoms. The van der Waals surface area contributed by atoms with Gasteiger partial charge >= 0.3 is 0 Å². The summed E-state index contributed by atoms with van der Waals surface area (Å²) in [5.41, 5.74) is 0.537. The topological polar surface area (TPSA) is 33.0 Å². The van der Waals surface area contributed by atoms with Crippen LogP contribution < -0.4 is 4.74 Å². The Morgan fingerprint density at radius 1 is 1.54 bits per heavy atom. The summed E-state index contributed by atoms with van der Waals surface area (Å²) in [6, 6.07) is 10.1. The lowest BCUT2D eigenvalue weighted by atomic mass is 9.96. The second-order valence-corrected chi connectivity index (χ2v) is 3.35. The highest BCUT2D eigenvalue weighted by atomic mass is 16.5. The van der Waals surface area contributed by atoms with Crippen molar-refractivity contribution in [2.45, 2.75) is 25.4 Å². The van der Waals surface area contributed by atoms with Gasteiger partial charge in [0.1, 0.15) is 11.8 Å². The Balaban J connectivity index is 2.37. The number of benzene rings is 1. The van der Waals surface area contributed by atoms with Crippen molar-refractivity contribution in [3.8, 4) is 11.8 Å². The predicted molar refractivity (Wildman–Crippen MR) is 49.4 cm³/mol. The van der Waals surface area contributed by atoms with Crippen molar-refractivity contribution in [3.05, 3.63) is 29.8 Å². The SMILES string of the molecule is CC[C@@]1(C#N)Cc2ccccc2O1. The standard InChI is InChI=1S/C11H11NO/c1-2-11(8-12)7-9-5-3-4-6-10(9)13-11/h3-6H,2,7H2,1H3/t11-/m0/s1. The van der Waals surface area contributed by atoms with Crippen molar-refractivity contribution in [2.24, 2.45) is 0 Å². The first-order chi connectivity index (χ1) is 6.29. The van der Waals surface area contributed by atoms with Crippen molar-refractivity contribution in [1.29, 1.82) is 5.26 Å². The first kappa shape index (κ1) is 8.12. The molecule has 0 spiro atoms. The van der Waals surface area contributed by atoms with Gasteiger partial charge < -0.3 is 4.74 Å². The first-order valence-electron chi connectivity index (χ1n) is 4.48. The molecule has 1 aromatic rings. The minimum Gasteiger partial charge on any atom is -0.472 e. The van der Waals surface area contributed by atoms with Gasteiger partial charge in [-0.1, -0.05) is 25.1 Å². The fourth-order valence-corrected chi connectivity index (χ4v) is 1.64. The summed E-state index contributed by atoms with van der Waals surface area (Å²) in [7, 11) is 0. The van der Waals surface area contributed by atoms with Crippen LogP contribution in [0.4, 0.5) is 0 Å². The van der Waals surface area contributed by atoms with Crippen LogP contribution in [-0.4, -0.2) is 5.60 Å². The molecule has 1 aromatic carbocycles. The van der Waals surface area contributed by atoms with Gasteiger partial charge in [0.05, 0.1) is 0 Å². The fourth-order valence-electron chi connectivity index (χ4n) is 1.64. The maximum atomic E-state index is 9.01. The van der Waals surface area contributed by atoms with Gasteiger partial charge in [0.25, 0.3) is 0 Å². The fraction of sp³-hybridized carbons (Fsp3) is 0.364. The minimum absolute atomic E-state index is 0.607. The number of rotatable bonds is 1. The van der Waals surface area contributed by atoms with E-state index in [0.717, 1.165) is 24.2 Å². The Bertz CT molecular complexity index is 340. The van der Waals surface area contributed by atoms with Crippen molar-refractivity contribution < 1.29 is 4.74 Å². The zero-order chi connectivity index (χ0) is 9.31. The van der Waals surface area contributed by atoms with Gasteiger partial charge in [-0.05, 0) is 18.1 Å². The van der Waals surface area contributed by atoms with Crippen LogP contribution in [0.1, 0.15) is 18.9 Å². The van der Waals surface area contributed by atoms with Crippen LogP contribution in [-0.2, 0) is 6.42 Å². The summed E-state index contributed by atoms with van der Waals surface area (Å²) in [5.74, 6) is 0.867. The molecule has 0 aromatic heterocycles. The summed E-state index contributed by atoms with van der Waals surface area (Å²) < 4.78 is 5.63. The van der Waals surface area contributed by atoms with Crippen molar-refractivity contribution in [3.63, 3.8) is 0 Å². The summed E-state index contributed by atoms with van der Waals surface area (Å²) in [5, 5.41) is 9.01. The van der Waals surface area contributed by atoms with Crippen LogP contribution in [0.5, 0.6) is 5.75 Å². The zero-order valence-corrected chi connectivity index (χ0v) is 7.58. The largest absolute Gasteiger partial charge is 0.472 e. The van der Waals surface area contributed by atoms with Crippen molar-refractivity contribution in [2.75, 3.05) is 0 Å². The maximum absolute atomic E-state index is 9.01.